The Morgan fingerprint density at radius 2 is 1.90 bits per heavy atom. The zero-order valence-electron chi connectivity index (χ0n) is 11.8. The van der Waals surface area contributed by atoms with E-state index < -0.39 is 21.7 Å². The topological polar surface area (TPSA) is 95.9 Å². The molecular formula is C12H22N2O5S. The third-order valence-corrected chi connectivity index (χ3v) is 5.54. The van der Waals surface area contributed by atoms with Crippen LogP contribution in [-0.4, -0.2) is 54.6 Å². The van der Waals surface area contributed by atoms with Crippen LogP contribution in [0.2, 0.25) is 0 Å². The Morgan fingerprint density at radius 3 is 2.30 bits per heavy atom. The molecular weight excluding hydrogens is 284 g/mol. The summed E-state index contributed by atoms with van der Waals surface area (Å²) in [6.07, 6.45) is 1.52. The van der Waals surface area contributed by atoms with Gasteiger partial charge in [0.25, 0.3) is 10.2 Å². The molecule has 2 aliphatic rings. The van der Waals surface area contributed by atoms with E-state index in [2.05, 4.69) is 4.72 Å². The molecule has 2 N–H and O–H groups in total. The second kappa shape index (κ2) is 5.59. The number of morpholine rings is 1. The summed E-state index contributed by atoms with van der Waals surface area (Å²) in [5.41, 5.74) is -0.810. The largest absolute Gasteiger partial charge is 0.481 e. The van der Waals surface area contributed by atoms with E-state index in [1.165, 1.54) is 4.31 Å². The van der Waals surface area contributed by atoms with E-state index in [1.54, 1.807) is 0 Å². The second-order valence-electron chi connectivity index (χ2n) is 5.89. The molecule has 7 nitrogen and oxygen atoms in total. The highest BCUT2D eigenvalue weighted by molar-refractivity contribution is 7.87. The van der Waals surface area contributed by atoms with Crippen molar-refractivity contribution in [3.05, 3.63) is 0 Å². The highest BCUT2D eigenvalue weighted by atomic mass is 32.2. The van der Waals surface area contributed by atoms with Crippen molar-refractivity contribution >= 4 is 16.2 Å². The Bertz CT molecular complexity index is 464. The summed E-state index contributed by atoms with van der Waals surface area (Å²) in [6.45, 7) is 4.24. The van der Waals surface area contributed by atoms with Crippen molar-refractivity contribution in [2.24, 2.45) is 0 Å². The lowest BCUT2D eigenvalue weighted by molar-refractivity contribution is -0.139. The van der Waals surface area contributed by atoms with Crippen LogP contribution in [0.1, 0.15) is 39.5 Å². The van der Waals surface area contributed by atoms with E-state index in [4.69, 9.17) is 9.84 Å². The quantitative estimate of drug-likeness (QED) is 0.763. The van der Waals surface area contributed by atoms with Crippen LogP contribution in [0, 0.1) is 0 Å². The summed E-state index contributed by atoms with van der Waals surface area (Å²) < 4.78 is 34.3. The fraction of sp³-hybridized carbons (Fsp3) is 0.917. The lowest BCUT2D eigenvalue weighted by atomic mass is 9.75. The predicted molar refractivity (Wildman–Crippen MR) is 72.5 cm³/mol. The van der Waals surface area contributed by atoms with Crippen molar-refractivity contribution in [2.75, 3.05) is 13.1 Å². The molecule has 0 aromatic carbocycles. The average molecular weight is 306 g/mol. The van der Waals surface area contributed by atoms with Crippen LogP contribution in [-0.2, 0) is 19.7 Å². The molecule has 1 saturated carbocycles. The summed E-state index contributed by atoms with van der Waals surface area (Å²) in [6, 6.07) is 0. The van der Waals surface area contributed by atoms with Gasteiger partial charge in [0.1, 0.15) is 0 Å². The van der Waals surface area contributed by atoms with Crippen LogP contribution in [0.4, 0.5) is 0 Å². The molecule has 0 spiro atoms. The van der Waals surface area contributed by atoms with Crippen molar-refractivity contribution in [2.45, 2.75) is 57.3 Å². The predicted octanol–water partition coefficient (Wildman–Crippen LogP) is 0.327. The zero-order valence-corrected chi connectivity index (χ0v) is 12.6. The number of nitrogens with one attached hydrogen (secondary N) is 1. The molecule has 2 rings (SSSR count). The first-order valence-electron chi connectivity index (χ1n) is 6.89. The van der Waals surface area contributed by atoms with Crippen LogP contribution < -0.4 is 4.72 Å². The van der Waals surface area contributed by atoms with Crippen LogP contribution in [0.15, 0.2) is 0 Å². The minimum Gasteiger partial charge on any atom is -0.481 e. The third kappa shape index (κ3) is 3.49. The molecule has 0 bridgehead atoms. The summed E-state index contributed by atoms with van der Waals surface area (Å²) in [4.78, 5) is 10.9. The SMILES string of the molecule is CC1CN(S(=O)(=O)NC2(CC(=O)O)CCC2)CC(C)O1. The lowest BCUT2D eigenvalue weighted by Gasteiger charge is -2.43. The molecule has 0 radical (unpaired) electrons. The highest BCUT2D eigenvalue weighted by Gasteiger charge is 2.44. The number of ether oxygens (including phenoxy) is 1. The summed E-state index contributed by atoms with van der Waals surface area (Å²) in [7, 11) is -3.67. The molecule has 0 aromatic heterocycles. The Hall–Kier alpha value is -0.700. The maximum Gasteiger partial charge on any atom is 0.305 e. The fourth-order valence-corrected chi connectivity index (χ4v) is 4.64. The minimum absolute atomic E-state index is 0.160. The number of hydrogen-bond acceptors (Lipinski definition) is 4. The van der Waals surface area contributed by atoms with Gasteiger partial charge in [0, 0.05) is 18.6 Å². The average Bonchev–Trinajstić information content (AvgIpc) is 2.23. The molecule has 2 unspecified atom stereocenters. The minimum atomic E-state index is -3.67. The van der Waals surface area contributed by atoms with Crippen molar-refractivity contribution in [3.63, 3.8) is 0 Å². The number of nitrogens with zero attached hydrogens (tertiary/aromatic N) is 1. The first-order valence-corrected chi connectivity index (χ1v) is 8.33. The first-order chi connectivity index (χ1) is 9.22. The molecule has 1 saturated heterocycles. The number of aliphatic carboxylic acids is 1. The maximum absolute atomic E-state index is 12.4. The summed E-state index contributed by atoms with van der Waals surface area (Å²) in [5.74, 6) is -0.976. The molecule has 2 fully saturated rings. The van der Waals surface area contributed by atoms with E-state index in [1.807, 2.05) is 13.8 Å². The Balaban J connectivity index is 2.08. The van der Waals surface area contributed by atoms with Crippen LogP contribution in [0.5, 0.6) is 0 Å². The molecule has 0 aromatic rings. The van der Waals surface area contributed by atoms with Gasteiger partial charge in [0.2, 0.25) is 0 Å². The van der Waals surface area contributed by atoms with Gasteiger partial charge in [-0.3, -0.25) is 4.79 Å². The molecule has 2 atom stereocenters. The van der Waals surface area contributed by atoms with Crippen molar-refractivity contribution in [1.82, 2.24) is 9.03 Å². The molecule has 8 heteroatoms. The highest BCUT2D eigenvalue weighted by Crippen LogP contribution is 2.36. The number of hydrogen-bond donors (Lipinski definition) is 2. The molecule has 0 amide bonds. The second-order valence-corrected chi connectivity index (χ2v) is 7.56. The standard InChI is InChI=1S/C12H22N2O5S/c1-9-7-14(8-10(2)19-9)20(17,18)13-12(4-3-5-12)6-11(15)16/h9-10,13H,3-8H2,1-2H3,(H,15,16). The van der Waals surface area contributed by atoms with Crippen molar-refractivity contribution < 1.29 is 23.1 Å². The van der Waals surface area contributed by atoms with Gasteiger partial charge in [-0.2, -0.15) is 17.4 Å². The summed E-state index contributed by atoms with van der Waals surface area (Å²) in [5, 5.41) is 8.94. The first kappa shape index (κ1) is 15.7. The number of rotatable bonds is 5. The van der Waals surface area contributed by atoms with Gasteiger partial charge < -0.3 is 9.84 Å². The van der Waals surface area contributed by atoms with E-state index >= 15 is 0 Å². The molecule has 1 heterocycles. The Labute approximate surface area is 119 Å². The normalized spacial score (nSPS) is 30.7. The number of carboxylic acid groups (broad SMARTS) is 1. The van der Waals surface area contributed by atoms with Gasteiger partial charge in [-0.25, -0.2) is 0 Å². The van der Waals surface area contributed by atoms with E-state index in [-0.39, 0.29) is 18.6 Å². The van der Waals surface area contributed by atoms with E-state index in [0.717, 1.165) is 6.42 Å². The van der Waals surface area contributed by atoms with Gasteiger partial charge in [0.05, 0.1) is 18.6 Å². The summed E-state index contributed by atoms with van der Waals surface area (Å²) >= 11 is 0. The molecule has 1 aliphatic heterocycles. The molecule has 116 valence electrons. The smallest absolute Gasteiger partial charge is 0.305 e. The lowest BCUT2D eigenvalue weighted by Crippen LogP contribution is -2.60. The van der Waals surface area contributed by atoms with Crippen molar-refractivity contribution in [1.29, 1.82) is 0 Å². The van der Waals surface area contributed by atoms with Gasteiger partial charge in [-0.15, -0.1) is 0 Å². The molecule has 20 heavy (non-hydrogen) atoms. The molecule has 1 aliphatic carbocycles. The van der Waals surface area contributed by atoms with E-state index in [0.29, 0.717) is 25.9 Å². The Morgan fingerprint density at radius 1 is 1.35 bits per heavy atom. The van der Waals surface area contributed by atoms with Crippen LogP contribution >= 0.6 is 0 Å². The van der Waals surface area contributed by atoms with E-state index in [9.17, 15) is 13.2 Å². The van der Waals surface area contributed by atoms with Gasteiger partial charge >= 0.3 is 5.97 Å². The van der Waals surface area contributed by atoms with Gasteiger partial charge in [0.15, 0.2) is 0 Å². The zero-order chi connectivity index (χ0) is 15.0. The van der Waals surface area contributed by atoms with Crippen LogP contribution in [0.25, 0.3) is 0 Å². The monoisotopic (exact) mass is 306 g/mol. The van der Waals surface area contributed by atoms with Gasteiger partial charge in [-0.05, 0) is 33.1 Å². The third-order valence-electron chi connectivity index (χ3n) is 3.87. The van der Waals surface area contributed by atoms with Gasteiger partial charge in [-0.1, -0.05) is 0 Å². The Kier molecular flexibility index (Phi) is 4.38. The number of carbonyl (C=O) groups is 1. The van der Waals surface area contributed by atoms with Crippen LogP contribution in [0.3, 0.4) is 0 Å². The number of carboxylic acids is 1. The fourth-order valence-electron chi connectivity index (χ4n) is 2.87. The van der Waals surface area contributed by atoms with Crippen molar-refractivity contribution in [3.8, 4) is 0 Å². The maximum atomic E-state index is 12.4.